The lowest BCUT2D eigenvalue weighted by Crippen LogP contribution is -2.48. The predicted molar refractivity (Wildman–Crippen MR) is 106 cm³/mol. The van der Waals surface area contributed by atoms with Crippen molar-refractivity contribution in [3.05, 3.63) is 28.7 Å². The summed E-state index contributed by atoms with van der Waals surface area (Å²) in [7, 11) is 0. The zero-order valence-corrected chi connectivity index (χ0v) is 16.4. The standard InChI is InChI=1S/C19H28N6O2/c1-12(2)21-19(27)24-9-7-15(8-10-24)22-18-20-11-14-5-6-16(26)25(13(3)4)17(14)23-18/h5-6,11-13,15H,7-10H2,1-4H3,(H,21,27)(H,20,22,23). The van der Waals surface area contributed by atoms with Crippen molar-refractivity contribution in [2.24, 2.45) is 0 Å². The number of nitrogens with one attached hydrogen (secondary N) is 2. The molecule has 1 aliphatic rings. The molecule has 0 bridgehead atoms. The number of carbonyl (C=O) groups excluding carboxylic acids is 1. The Hall–Kier alpha value is -2.64. The third-order valence-corrected chi connectivity index (χ3v) is 4.71. The van der Waals surface area contributed by atoms with Crippen LogP contribution in [0, 0.1) is 0 Å². The lowest BCUT2D eigenvalue weighted by atomic mass is 10.1. The molecule has 0 spiro atoms. The first-order valence-electron chi connectivity index (χ1n) is 9.55. The summed E-state index contributed by atoms with van der Waals surface area (Å²) in [5.74, 6) is 0.521. The maximum absolute atomic E-state index is 12.2. The summed E-state index contributed by atoms with van der Waals surface area (Å²) in [5.41, 5.74) is 0.579. The SMILES string of the molecule is CC(C)NC(=O)N1CCC(Nc2ncc3ccc(=O)n(C(C)C)c3n2)CC1. The van der Waals surface area contributed by atoms with Crippen molar-refractivity contribution in [3.63, 3.8) is 0 Å². The fraction of sp³-hybridized carbons (Fsp3) is 0.579. The van der Waals surface area contributed by atoms with Gasteiger partial charge in [0.2, 0.25) is 5.95 Å². The largest absolute Gasteiger partial charge is 0.351 e. The molecule has 0 aromatic carbocycles. The number of rotatable bonds is 4. The zero-order valence-electron chi connectivity index (χ0n) is 16.4. The minimum Gasteiger partial charge on any atom is -0.351 e. The van der Waals surface area contributed by atoms with Crippen LogP contribution in [0.1, 0.15) is 46.6 Å². The Bertz CT molecular complexity index is 868. The van der Waals surface area contributed by atoms with E-state index in [4.69, 9.17) is 0 Å². The minimum absolute atomic E-state index is 0.00800. The van der Waals surface area contributed by atoms with E-state index < -0.39 is 0 Å². The molecule has 2 amide bonds. The molecule has 1 aliphatic heterocycles. The van der Waals surface area contributed by atoms with Gasteiger partial charge in [0.1, 0.15) is 5.65 Å². The quantitative estimate of drug-likeness (QED) is 0.860. The average molecular weight is 372 g/mol. The number of likely N-dealkylation sites (tertiary alicyclic amines) is 1. The Morgan fingerprint density at radius 3 is 2.52 bits per heavy atom. The van der Waals surface area contributed by atoms with Crippen LogP contribution in [0.4, 0.5) is 10.7 Å². The van der Waals surface area contributed by atoms with E-state index in [0.29, 0.717) is 24.7 Å². The second kappa shape index (κ2) is 7.94. The Morgan fingerprint density at radius 2 is 1.89 bits per heavy atom. The molecule has 1 fully saturated rings. The fourth-order valence-electron chi connectivity index (χ4n) is 3.35. The summed E-state index contributed by atoms with van der Waals surface area (Å²) in [6.45, 7) is 9.24. The molecule has 2 N–H and O–H groups in total. The van der Waals surface area contributed by atoms with Crippen LogP contribution in [0.15, 0.2) is 23.1 Å². The monoisotopic (exact) mass is 372 g/mol. The highest BCUT2D eigenvalue weighted by atomic mass is 16.2. The van der Waals surface area contributed by atoms with E-state index >= 15 is 0 Å². The molecule has 0 unspecified atom stereocenters. The molecule has 27 heavy (non-hydrogen) atoms. The molecule has 146 valence electrons. The van der Waals surface area contributed by atoms with E-state index in [9.17, 15) is 9.59 Å². The molecule has 3 heterocycles. The summed E-state index contributed by atoms with van der Waals surface area (Å²) in [6.07, 6.45) is 3.41. The van der Waals surface area contributed by atoms with Crippen LogP contribution < -0.4 is 16.2 Å². The smallest absolute Gasteiger partial charge is 0.317 e. The third-order valence-electron chi connectivity index (χ3n) is 4.71. The van der Waals surface area contributed by atoms with Gasteiger partial charge in [-0.15, -0.1) is 0 Å². The van der Waals surface area contributed by atoms with Crippen molar-refractivity contribution < 1.29 is 4.79 Å². The molecule has 1 saturated heterocycles. The molecular formula is C19H28N6O2. The number of hydrogen-bond acceptors (Lipinski definition) is 5. The summed E-state index contributed by atoms with van der Waals surface area (Å²) in [5, 5.41) is 7.13. The topological polar surface area (TPSA) is 92.2 Å². The van der Waals surface area contributed by atoms with Crippen molar-refractivity contribution in [1.82, 2.24) is 24.8 Å². The van der Waals surface area contributed by atoms with E-state index in [0.717, 1.165) is 18.2 Å². The van der Waals surface area contributed by atoms with Crippen LogP contribution in [-0.2, 0) is 0 Å². The Kier molecular flexibility index (Phi) is 5.62. The van der Waals surface area contributed by atoms with E-state index in [1.165, 1.54) is 0 Å². The third kappa shape index (κ3) is 4.37. The predicted octanol–water partition coefficient (Wildman–Crippen LogP) is 2.37. The lowest BCUT2D eigenvalue weighted by molar-refractivity contribution is 0.181. The normalized spacial score (nSPS) is 15.6. The van der Waals surface area contributed by atoms with Crippen LogP contribution in [-0.4, -0.2) is 50.6 Å². The van der Waals surface area contributed by atoms with E-state index in [2.05, 4.69) is 20.6 Å². The molecule has 0 atom stereocenters. The van der Waals surface area contributed by atoms with Crippen LogP contribution in [0.3, 0.4) is 0 Å². The number of amides is 2. The number of carbonyl (C=O) groups is 1. The van der Waals surface area contributed by atoms with Gasteiger partial charge in [-0.2, -0.15) is 4.98 Å². The van der Waals surface area contributed by atoms with Gasteiger partial charge in [-0.3, -0.25) is 9.36 Å². The highest BCUT2D eigenvalue weighted by Crippen LogP contribution is 2.18. The van der Waals surface area contributed by atoms with Crippen molar-refractivity contribution in [2.75, 3.05) is 18.4 Å². The number of nitrogens with zero attached hydrogens (tertiary/aromatic N) is 4. The molecule has 3 rings (SSSR count). The van der Waals surface area contributed by atoms with Gasteiger partial charge >= 0.3 is 6.03 Å². The zero-order chi connectivity index (χ0) is 19.6. The van der Waals surface area contributed by atoms with Gasteiger partial charge in [0.25, 0.3) is 5.56 Å². The summed E-state index contributed by atoms with van der Waals surface area (Å²) >= 11 is 0. The number of piperidine rings is 1. The van der Waals surface area contributed by atoms with Gasteiger partial charge in [0, 0.05) is 48.9 Å². The van der Waals surface area contributed by atoms with Crippen molar-refractivity contribution in [1.29, 1.82) is 0 Å². The number of anilines is 1. The fourth-order valence-corrected chi connectivity index (χ4v) is 3.35. The summed E-state index contributed by atoms with van der Waals surface area (Å²) in [4.78, 5) is 35.1. The Balaban J connectivity index is 1.70. The maximum atomic E-state index is 12.2. The minimum atomic E-state index is -0.0633. The van der Waals surface area contributed by atoms with Gasteiger partial charge in [-0.05, 0) is 46.6 Å². The number of pyridine rings is 1. The highest BCUT2D eigenvalue weighted by molar-refractivity contribution is 5.75. The van der Waals surface area contributed by atoms with Gasteiger partial charge < -0.3 is 15.5 Å². The van der Waals surface area contributed by atoms with Crippen LogP contribution in [0.5, 0.6) is 0 Å². The van der Waals surface area contributed by atoms with Crippen molar-refractivity contribution >= 4 is 23.0 Å². The second-order valence-electron chi connectivity index (χ2n) is 7.62. The van der Waals surface area contributed by atoms with Gasteiger partial charge in [0.15, 0.2) is 0 Å². The molecular weight excluding hydrogens is 344 g/mol. The highest BCUT2D eigenvalue weighted by Gasteiger charge is 2.23. The Morgan fingerprint density at radius 1 is 1.19 bits per heavy atom. The molecule has 0 aliphatic carbocycles. The lowest BCUT2D eigenvalue weighted by Gasteiger charge is -2.32. The van der Waals surface area contributed by atoms with Gasteiger partial charge in [-0.1, -0.05) is 0 Å². The van der Waals surface area contributed by atoms with Crippen LogP contribution in [0.25, 0.3) is 11.0 Å². The maximum Gasteiger partial charge on any atom is 0.317 e. The van der Waals surface area contributed by atoms with Crippen LogP contribution >= 0.6 is 0 Å². The van der Waals surface area contributed by atoms with E-state index in [1.807, 2.05) is 32.6 Å². The van der Waals surface area contributed by atoms with E-state index in [1.54, 1.807) is 22.9 Å². The molecule has 2 aromatic rings. The van der Waals surface area contributed by atoms with Gasteiger partial charge in [-0.25, -0.2) is 9.78 Å². The van der Waals surface area contributed by atoms with Gasteiger partial charge in [0.05, 0.1) is 0 Å². The molecule has 0 radical (unpaired) electrons. The number of fused-ring (bicyclic) bond motifs is 1. The molecule has 2 aromatic heterocycles. The first-order chi connectivity index (χ1) is 12.8. The van der Waals surface area contributed by atoms with Crippen molar-refractivity contribution in [2.45, 2.75) is 58.7 Å². The molecule has 0 saturated carbocycles. The summed E-state index contributed by atoms with van der Waals surface area (Å²) < 4.78 is 1.68. The average Bonchev–Trinajstić information content (AvgIpc) is 2.61. The molecule has 8 heteroatoms. The van der Waals surface area contributed by atoms with Crippen molar-refractivity contribution in [3.8, 4) is 0 Å². The first kappa shape index (κ1) is 19.1. The van der Waals surface area contributed by atoms with Crippen LogP contribution in [0.2, 0.25) is 0 Å². The number of aromatic nitrogens is 3. The molecule has 8 nitrogen and oxygen atoms in total. The Labute approximate surface area is 159 Å². The number of hydrogen-bond donors (Lipinski definition) is 2. The number of urea groups is 1. The summed E-state index contributed by atoms with van der Waals surface area (Å²) in [6, 6.07) is 3.66. The second-order valence-corrected chi connectivity index (χ2v) is 7.62. The van der Waals surface area contributed by atoms with E-state index in [-0.39, 0.29) is 29.7 Å². The first-order valence-corrected chi connectivity index (χ1v) is 9.55.